The van der Waals surface area contributed by atoms with Crippen molar-refractivity contribution in [3.05, 3.63) is 46.9 Å². The lowest BCUT2D eigenvalue weighted by Gasteiger charge is -2.35. The summed E-state index contributed by atoms with van der Waals surface area (Å²) in [6.45, 7) is 3.83. The molecular formula is C16H19FN2O3. The number of ether oxygens (including phenoxy) is 1. The molecule has 0 aliphatic carbocycles. The van der Waals surface area contributed by atoms with Crippen LogP contribution in [-0.4, -0.2) is 25.5 Å². The van der Waals surface area contributed by atoms with Gasteiger partial charge in [0, 0.05) is 5.70 Å². The van der Waals surface area contributed by atoms with E-state index >= 15 is 0 Å². The Morgan fingerprint density at radius 2 is 1.95 bits per heavy atom. The van der Waals surface area contributed by atoms with Crippen LogP contribution in [0.25, 0.3) is 0 Å². The van der Waals surface area contributed by atoms with E-state index in [4.69, 9.17) is 4.74 Å². The number of carbonyl (C=O) groups excluding carboxylic acids is 2. The lowest BCUT2D eigenvalue weighted by molar-refractivity contribution is -0.137. The number of nitrogens with one attached hydrogen (secondary N) is 2. The molecule has 0 saturated carbocycles. The normalized spacial score (nSPS) is 21.5. The molecule has 1 aliphatic heterocycles. The summed E-state index contributed by atoms with van der Waals surface area (Å²) in [6.07, 6.45) is 0.105. The first-order chi connectivity index (χ1) is 10.5. The monoisotopic (exact) mass is 306 g/mol. The summed E-state index contributed by atoms with van der Waals surface area (Å²) in [5.41, 5.74) is 1.74. The molecule has 2 rings (SSSR count). The smallest absolute Gasteiger partial charge is 0.337 e. The van der Waals surface area contributed by atoms with Crippen molar-refractivity contribution in [2.24, 2.45) is 5.92 Å². The van der Waals surface area contributed by atoms with Crippen LogP contribution in [0.2, 0.25) is 0 Å². The highest BCUT2D eigenvalue weighted by molar-refractivity contribution is 5.91. The fourth-order valence-electron chi connectivity index (χ4n) is 2.51. The molecule has 1 heterocycles. The van der Waals surface area contributed by atoms with Gasteiger partial charge in [0.05, 0.1) is 18.7 Å². The van der Waals surface area contributed by atoms with E-state index in [9.17, 15) is 14.0 Å². The summed E-state index contributed by atoms with van der Waals surface area (Å²) in [5.74, 6) is -0.846. The van der Waals surface area contributed by atoms with E-state index in [-0.39, 0.29) is 11.7 Å². The van der Waals surface area contributed by atoms with E-state index in [1.165, 1.54) is 19.2 Å². The fraction of sp³-hybridized carbons (Fsp3) is 0.375. The van der Waals surface area contributed by atoms with E-state index in [2.05, 4.69) is 10.6 Å². The van der Waals surface area contributed by atoms with Crippen LogP contribution in [0.15, 0.2) is 35.5 Å². The Balaban J connectivity index is 2.55. The molecule has 0 fully saturated rings. The SMILES string of the molecule is COC(=O)C1=C(C(C)C)NC(C=O)NC1c1ccc(F)cc1. The van der Waals surface area contributed by atoms with Gasteiger partial charge in [0.1, 0.15) is 12.0 Å². The van der Waals surface area contributed by atoms with Crippen molar-refractivity contribution in [1.82, 2.24) is 10.6 Å². The number of hydrogen-bond donors (Lipinski definition) is 2. The Kier molecular flexibility index (Phi) is 4.92. The van der Waals surface area contributed by atoms with Gasteiger partial charge in [0.25, 0.3) is 0 Å². The summed E-state index contributed by atoms with van der Waals surface area (Å²) in [7, 11) is 1.31. The molecule has 22 heavy (non-hydrogen) atoms. The largest absolute Gasteiger partial charge is 0.466 e. The van der Waals surface area contributed by atoms with E-state index in [1.54, 1.807) is 12.1 Å². The molecule has 0 spiro atoms. The minimum atomic E-state index is -0.624. The Bertz CT molecular complexity index is 596. The number of rotatable bonds is 4. The van der Waals surface area contributed by atoms with Gasteiger partial charge in [0.15, 0.2) is 6.29 Å². The summed E-state index contributed by atoms with van der Waals surface area (Å²) in [6, 6.07) is 5.27. The topological polar surface area (TPSA) is 67.4 Å². The van der Waals surface area contributed by atoms with Gasteiger partial charge in [-0.1, -0.05) is 26.0 Å². The molecule has 118 valence electrons. The van der Waals surface area contributed by atoms with Crippen LogP contribution >= 0.6 is 0 Å². The highest BCUT2D eigenvalue weighted by atomic mass is 19.1. The van der Waals surface area contributed by atoms with Crippen LogP contribution < -0.4 is 10.6 Å². The first kappa shape index (κ1) is 16.2. The molecule has 5 nitrogen and oxygen atoms in total. The number of carbonyl (C=O) groups is 2. The van der Waals surface area contributed by atoms with E-state index in [1.807, 2.05) is 13.8 Å². The summed E-state index contributed by atoms with van der Waals surface area (Å²) >= 11 is 0. The zero-order chi connectivity index (χ0) is 16.3. The zero-order valence-corrected chi connectivity index (χ0v) is 12.7. The fourth-order valence-corrected chi connectivity index (χ4v) is 2.51. The standard InChI is InChI=1S/C16H19FN2O3/c1-9(2)14-13(16(21)22-3)15(19-12(8-20)18-14)10-4-6-11(17)7-5-10/h4-9,12,15,18-19H,1-3H3. The number of aldehydes is 1. The second-order valence-electron chi connectivity index (χ2n) is 5.38. The maximum absolute atomic E-state index is 13.1. The molecule has 2 N–H and O–H groups in total. The number of benzene rings is 1. The third kappa shape index (κ3) is 3.17. The third-order valence-electron chi connectivity index (χ3n) is 3.56. The molecule has 2 unspecified atom stereocenters. The van der Waals surface area contributed by atoms with Gasteiger partial charge in [-0.2, -0.15) is 0 Å². The van der Waals surface area contributed by atoms with Crippen molar-refractivity contribution in [2.45, 2.75) is 26.1 Å². The van der Waals surface area contributed by atoms with Crippen LogP contribution in [0.4, 0.5) is 4.39 Å². The molecule has 2 atom stereocenters. The van der Waals surface area contributed by atoms with Gasteiger partial charge in [-0.3, -0.25) is 10.1 Å². The summed E-state index contributed by atoms with van der Waals surface area (Å²) in [4.78, 5) is 23.4. The van der Waals surface area contributed by atoms with Crippen molar-refractivity contribution >= 4 is 12.3 Å². The molecule has 1 aromatic carbocycles. The van der Waals surface area contributed by atoms with Gasteiger partial charge in [-0.25, -0.2) is 9.18 Å². The van der Waals surface area contributed by atoms with E-state index in [0.717, 1.165) is 6.29 Å². The lowest BCUT2D eigenvalue weighted by Crippen LogP contribution is -2.52. The van der Waals surface area contributed by atoms with Crippen LogP contribution in [0, 0.1) is 11.7 Å². The molecule has 1 aromatic rings. The Labute approximate surface area is 128 Å². The highest BCUT2D eigenvalue weighted by Gasteiger charge is 2.34. The second kappa shape index (κ2) is 6.70. The predicted octanol–water partition coefficient (Wildman–Crippen LogP) is 1.67. The molecule has 0 amide bonds. The number of hydrogen-bond acceptors (Lipinski definition) is 5. The third-order valence-corrected chi connectivity index (χ3v) is 3.56. The average Bonchev–Trinajstić information content (AvgIpc) is 2.53. The molecule has 1 aliphatic rings. The Morgan fingerprint density at radius 1 is 1.32 bits per heavy atom. The molecule has 0 radical (unpaired) electrons. The van der Waals surface area contributed by atoms with Gasteiger partial charge in [-0.15, -0.1) is 0 Å². The molecule has 0 bridgehead atoms. The van der Waals surface area contributed by atoms with Crippen LogP contribution in [-0.2, 0) is 14.3 Å². The number of methoxy groups -OCH3 is 1. The average molecular weight is 306 g/mol. The second-order valence-corrected chi connectivity index (χ2v) is 5.38. The van der Waals surface area contributed by atoms with Gasteiger partial charge < -0.3 is 10.1 Å². The first-order valence-electron chi connectivity index (χ1n) is 7.03. The zero-order valence-electron chi connectivity index (χ0n) is 12.7. The highest BCUT2D eigenvalue weighted by Crippen LogP contribution is 2.31. The minimum Gasteiger partial charge on any atom is -0.466 e. The van der Waals surface area contributed by atoms with Gasteiger partial charge >= 0.3 is 5.97 Å². The molecular weight excluding hydrogens is 287 g/mol. The van der Waals surface area contributed by atoms with Crippen molar-refractivity contribution < 1.29 is 18.7 Å². The lowest BCUT2D eigenvalue weighted by atomic mass is 9.90. The predicted molar refractivity (Wildman–Crippen MR) is 79.1 cm³/mol. The maximum atomic E-state index is 13.1. The Morgan fingerprint density at radius 3 is 2.45 bits per heavy atom. The van der Waals surface area contributed by atoms with E-state index in [0.29, 0.717) is 16.8 Å². The van der Waals surface area contributed by atoms with Gasteiger partial charge in [-0.05, 0) is 23.6 Å². The minimum absolute atomic E-state index is 0.00148. The van der Waals surface area contributed by atoms with Crippen molar-refractivity contribution in [3.8, 4) is 0 Å². The number of halogens is 1. The number of allylic oxidation sites excluding steroid dienone is 1. The van der Waals surface area contributed by atoms with Crippen LogP contribution in [0.1, 0.15) is 25.5 Å². The summed E-state index contributed by atoms with van der Waals surface area (Å²) < 4.78 is 18.0. The quantitative estimate of drug-likeness (QED) is 0.654. The molecule has 6 heteroatoms. The van der Waals surface area contributed by atoms with Gasteiger partial charge in [0.2, 0.25) is 0 Å². The number of esters is 1. The first-order valence-corrected chi connectivity index (χ1v) is 7.03. The summed E-state index contributed by atoms with van der Waals surface area (Å²) in [5, 5.41) is 6.03. The van der Waals surface area contributed by atoms with Crippen molar-refractivity contribution in [1.29, 1.82) is 0 Å². The molecule has 0 saturated heterocycles. The van der Waals surface area contributed by atoms with Crippen molar-refractivity contribution in [2.75, 3.05) is 7.11 Å². The maximum Gasteiger partial charge on any atom is 0.337 e. The van der Waals surface area contributed by atoms with Crippen LogP contribution in [0.5, 0.6) is 0 Å². The molecule has 0 aromatic heterocycles. The van der Waals surface area contributed by atoms with Crippen LogP contribution in [0.3, 0.4) is 0 Å². The van der Waals surface area contributed by atoms with E-state index < -0.39 is 18.2 Å². The Hall–Kier alpha value is -2.21. The van der Waals surface area contributed by atoms with Crippen molar-refractivity contribution in [3.63, 3.8) is 0 Å².